The van der Waals surface area contributed by atoms with Crippen LogP contribution in [0.2, 0.25) is 0 Å². The Morgan fingerprint density at radius 3 is 2.43 bits per heavy atom. The van der Waals surface area contributed by atoms with E-state index in [0.717, 1.165) is 38.5 Å². The molecule has 11 atom stereocenters. The summed E-state index contributed by atoms with van der Waals surface area (Å²) in [6.07, 6.45) is 5.50. The first-order valence-electron chi connectivity index (χ1n) is 12.2. The number of carbonyl (C=O) groups is 1. The molecule has 3 unspecified atom stereocenters. The molecule has 4 aliphatic rings. The van der Waals surface area contributed by atoms with E-state index in [9.17, 15) is 25.2 Å². The molecular formula is C25H41O5-. The van der Waals surface area contributed by atoms with E-state index in [1.807, 2.05) is 0 Å². The van der Waals surface area contributed by atoms with Crippen molar-refractivity contribution in [2.45, 2.75) is 104 Å². The van der Waals surface area contributed by atoms with Crippen LogP contribution >= 0.6 is 0 Å². The van der Waals surface area contributed by atoms with E-state index in [1.54, 1.807) is 0 Å². The fourth-order valence-corrected chi connectivity index (χ4v) is 9.13. The van der Waals surface area contributed by atoms with Crippen LogP contribution in [0.3, 0.4) is 0 Å². The Balaban J connectivity index is 1.64. The summed E-state index contributed by atoms with van der Waals surface area (Å²) < 4.78 is 0. The minimum Gasteiger partial charge on any atom is -0.550 e. The van der Waals surface area contributed by atoms with Gasteiger partial charge in [-0.25, -0.2) is 0 Å². The van der Waals surface area contributed by atoms with Crippen LogP contribution in [0.25, 0.3) is 0 Å². The third-order valence-corrected chi connectivity index (χ3v) is 11.0. The SMILES string of the molecule is C[C@H](CCC(=O)[O-])[C@H]1CC[C@H]2[C@@H]3C(O)C[C@]4(C)CC(O)CC[C@]4(C)[C@H]3CC(O)[C@]12C. The highest BCUT2D eigenvalue weighted by Crippen LogP contribution is 2.71. The Morgan fingerprint density at radius 1 is 1.07 bits per heavy atom. The summed E-state index contributed by atoms with van der Waals surface area (Å²) >= 11 is 0. The molecule has 0 aromatic rings. The Bertz CT molecular complexity index is 680. The third kappa shape index (κ3) is 3.09. The van der Waals surface area contributed by atoms with Gasteiger partial charge in [-0.15, -0.1) is 0 Å². The molecule has 0 aliphatic heterocycles. The molecular weight excluding hydrogens is 380 g/mol. The van der Waals surface area contributed by atoms with Crippen LogP contribution in [0, 0.1) is 45.8 Å². The molecule has 5 nitrogen and oxygen atoms in total. The van der Waals surface area contributed by atoms with E-state index in [2.05, 4.69) is 27.7 Å². The van der Waals surface area contributed by atoms with Crippen LogP contribution in [-0.2, 0) is 4.79 Å². The summed E-state index contributed by atoms with van der Waals surface area (Å²) in [5, 5.41) is 44.3. The predicted octanol–water partition coefficient (Wildman–Crippen LogP) is 2.50. The number of carboxylic acid groups (broad SMARTS) is 1. The van der Waals surface area contributed by atoms with Gasteiger partial charge in [-0.3, -0.25) is 0 Å². The lowest BCUT2D eigenvalue weighted by Crippen LogP contribution is -2.65. The van der Waals surface area contributed by atoms with Gasteiger partial charge in [-0.2, -0.15) is 0 Å². The minimum atomic E-state index is -1.000. The molecule has 3 N–H and O–H groups in total. The lowest BCUT2D eigenvalue weighted by molar-refractivity contribution is -0.306. The number of rotatable bonds is 4. The van der Waals surface area contributed by atoms with E-state index in [4.69, 9.17) is 0 Å². The quantitative estimate of drug-likeness (QED) is 0.647. The van der Waals surface area contributed by atoms with Crippen molar-refractivity contribution in [3.8, 4) is 0 Å². The second kappa shape index (κ2) is 7.45. The second-order valence-electron chi connectivity index (χ2n) is 12.1. The van der Waals surface area contributed by atoms with Crippen molar-refractivity contribution in [3.05, 3.63) is 0 Å². The average Bonchev–Trinajstić information content (AvgIpc) is 3.00. The van der Waals surface area contributed by atoms with Gasteiger partial charge < -0.3 is 25.2 Å². The number of hydrogen-bond donors (Lipinski definition) is 3. The van der Waals surface area contributed by atoms with Gasteiger partial charge in [-0.1, -0.05) is 27.7 Å². The lowest BCUT2D eigenvalue weighted by atomic mass is 9.39. The van der Waals surface area contributed by atoms with Gasteiger partial charge in [0.2, 0.25) is 0 Å². The van der Waals surface area contributed by atoms with Crippen molar-refractivity contribution in [1.29, 1.82) is 0 Å². The fraction of sp³-hybridized carbons (Fsp3) is 0.960. The first-order chi connectivity index (χ1) is 13.9. The summed E-state index contributed by atoms with van der Waals surface area (Å²) in [4.78, 5) is 11.0. The van der Waals surface area contributed by atoms with Gasteiger partial charge in [0.1, 0.15) is 0 Å². The van der Waals surface area contributed by atoms with E-state index >= 15 is 0 Å². The van der Waals surface area contributed by atoms with E-state index in [1.165, 1.54) is 0 Å². The summed E-state index contributed by atoms with van der Waals surface area (Å²) in [6.45, 7) is 8.93. The zero-order valence-corrected chi connectivity index (χ0v) is 19.1. The molecule has 4 saturated carbocycles. The number of hydrogen-bond acceptors (Lipinski definition) is 5. The Hall–Kier alpha value is -0.650. The Kier molecular flexibility index (Phi) is 5.60. The number of aliphatic carboxylic acids is 1. The van der Waals surface area contributed by atoms with Gasteiger partial charge in [0.15, 0.2) is 0 Å². The standard InChI is InChI=1S/C25H42O5/c1-14(5-8-21(29)30)16-6-7-17-22-18(11-20(28)25(16,17)4)24(3)10-9-15(26)12-23(24,2)13-19(22)27/h14-20,22,26-28H,5-13H2,1-4H3,(H,29,30)/p-1/t14-,15?,16-,17+,18+,19?,20?,22+,23+,24-,25-/m1/s1. The maximum absolute atomic E-state index is 11.5. The van der Waals surface area contributed by atoms with Gasteiger partial charge in [0.25, 0.3) is 0 Å². The molecule has 0 aromatic heterocycles. The number of aliphatic hydroxyl groups excluding tert-OH is 3. The highest BCUT2D eigenvalue weighted by Gasteiger charge is 2.68. The Labute approximate surface area is 181 Å². The predicted molar refractivity (Wildman–Crippen MR) is 112 cm³/mol. The highest BCUT2D eigenvalue weighted by atomic mass is 16.4. The van der Waals surface area contributed by atoms with Crippen LogP contribution in [0.4, 0.5) is 0 Å². The third-order valence-electron chi connectivity index (χ3n) is 11.0. The molecule has 0 radical (unpaired) electrons. The molecule has 0 heterocycles. The number of carboxylic acids is 1. The number of carbonyl (C=O) groups excluding carboxylic acids is 1. The molecule has 30 heavy (non-hydrogen) atoms. The molecule has 0 spiro atoms. The van der Waals surface area contributed by atoms with E-state index in [0.29, 0.717) is 12.8 Å². The van der Waals surface area contributed by atoms with Crippen LogP contribution in [0.1, 0.15) is 85.5 Å². The first kappa shape index (κ1) is 22.5. The van der Waals surface area contributed by atoms with Gasteiger partial charge in [0.05, 0.1) is 18.3 Å². The zero-order chi connectivity index (χ0) is 22.1. The van der Waals surface area contributed by atoms with Crippen LogP contribution in [0.5, 0.6) is 0 Å². The molecule has 5 heteroatoms. The normalized spacial score (nSPS) is 54.0. The van der Waals surface area contributed by atoms with Crippen molar-refractivity contribution in [2.24, 2.45) is 45.8 Å². The number of fused-ring (bicyclic) bond motifs is 5. The molecule has 172 valence electrons. The van der Waals surface area contributed by atoms with E-state index < -0.39 is 18.2 Å². The molecule has 0 amide bonds. The Morgan fingerprint density at radius 2 is 1.77 bits per heavy atom. The monoisotopic (exact) mass is 421 g/mol. The summed E-state index contributed by atoms with van der Waals surface area (Å²) in [6, 6.07) is 0. The van der Waals surface area contributed by atoms with Gasteiger partial charge >= 0.3 is 0 Å². The minimum absolute atomic E-state index is 0.0249. The van der Waals surface area contributed by atoms with Crippen LogP contribution in [0.15, 0.2) is 0 Å². The van der Waals surface area contributed by atoms with E-state index in [-0.39, 0.29) is 58.4 Å². The molecule has 4 rings (SSSR count). The van der Waals surface area contributed by atoms with Crippen molar-refractivity contribution < 1.29 is 25.2 Å². The molecule has 0 aromatic carbocycles. The molecule has 0 bridgehead atoms. The summed E-state index contributed by atoms with van der Waals surface area (Å²) in [7, 11) is 0. The van der Waals surface area contributed by atoms with Crippen molar-refractivity contribution >= 4 is 5.97 Å². The van der Waals surface area contributed by atoms with Crippen molar-refractivity contribution in [1.82, 2.24) is 0 Å². The lowest BCUT2D eigenvalue weighted by Gasteiger charge is -2.67. The molecule has 4 fully saturated rings. The van der Waals surface area contributed by atoms with Crippen LogP contribution in [-0.4, -0.2) is 39.6 Å². The maximum Gasteiger partial charge on any atom is 0.0602 e. The maximum atomic E-state index is 11.5. The molecule has 0 saturated heterocycles. The molecule has 4 aliphatic carbocycles. The average molecular weight is 422 g/mol. The van der Waals surface area contributed by atoms with Crippen molar-refractivity contribution in [3.63, 3.8) is 0 Å². The fourth-order valence-electron chi connectivity index (χ4n) is 9.13. The topological polar surface area (TPSA) is 101 Å². The van der Waals surface area contributed by atoms with Crippen LogP contribution < -0.4 is 5.11 Å². The zero-order valence-electron chi connectivity index (χ0n) is 19.1. The second-order valence-corrected chi connectivity index (χ2v) is 12.1. The first-order valence-corrected chi connectivity index (χ1v) is 12.2. The van der Waals surface area contributed by atoms with Gasteiger partial charge in [-0.05, 0) is 104 Å². The highest BCUT2D eigenvalue weighted by molar-refractivity contribution is 5.64. The van der Waals surface area contributed by atoms with Gasteiger partial charge in [0, 0.05) is 5.97 Å². The smallest absolute Gasteiger partial charge is 0.0602 e. The summed E-state index contributed by atoms with van der Waals surface area (Å²) in [5.41, 5.74) is -0.346. The summed E-state index contributed by atoms with van der Waals surface area (Å²) in [5.74, 6) is 0.217. The largest absolute Gasteiger partial charge is 0.550 e. The van der Waals surface area contributed by atoms with Crippen molar-refractivity contribution in [2.75, 3.05) is 0 Å². The number of aliphatic hydroxyl groups is 3.